The molecule has 0 atom stereocenters. The van der Waals surface area contributed by atoms with Crippen LogP contribution in [0, 0.1) is 10.1 Å². The molecule has 2 rings (SSSR count). The van der Waals surface area contributed by atoms with Crippen molar-refractivity contribution >= 4 is 34.6 Å². The number of thiocarbonyl (C=S) groups is 1. The minimum atomic E-state index is -0.529. The average molecular weight is 389 g/mol. The summed E-state index contributed by atoms with van der Waals surface area (Å²) in [4.78, 5) is 22.3. The van der Waals surface area contributed by atoms with Crippen molar-refractivity contribution in [2.24, 2.45) is 0 Å². The van der Waals surface area contributed by atoms with E-state index in [1.165, 1.54) is 25.3 Å². The summed E-state index contributed by atoms with van der Waals surface area (Å²) >= 11 is 5.08. The van der Waals surface area contributed by atoms with Crippen LogP contribution in [0.25, 0.3) is 0 Å². The summed E-state index contributed by atoms with van der Waals surface area (Å²) in [5.74, 6) is 0.829. The summed E-state index contributed by atoms with van der Waals surface area (Å²) in [6, 6.07) is 13.4. The van der Waals surface area contributed by atoms with Gasteiger partial charge in [0.05, 0.1) is 24.3 Å². The van der Waals surface area contributed by atoms with Crippen LogP contribution in [-0.2, 0) is 4.79 Å². The third kappa shape index (κ3) is 6.55. The Balaban J connectivity index is 1.80. The van der Waals surface area contributed by atoms with Crippen molar-refractivity contribution in [3.05, 3.63) is 58.6 Å². The third-order valence-electron chi connectivity index (χ3n) is 3.46. The Morgan fingerprint density at radius 3 is 2.63 bits per heavy atom. The zero-order valence-corrected chi connectivity index (χ0v) is 15.5. The third-order valence-corrected chi connectivity index (χ3v) is 3.66. The molecule has 0 bridgehead atoms. The van der Waals surface area contributed by atoms with E-state index in [0.29, 0.717) is 24.5 Å². The fraction of sp³-hybridized carbons (Fsp3) is 0.222. The van der Waals surface area contributed by atoms with Crippen LogP contribution in [0.4, 0.5) is 11.4 Å². The maximum Gasteiger partial charge on any atom is 0.271 e. The molecule has 0 spiro atoms. The van der Waals surface area contributed by atoms with E-state index in [9.17, 15) is 14.9 Å². The SMILES string of the molecule is COc1ccc([N+](=O)[O-])cc1NC(=S)NC(=O)CCCOc1ccccc1. The van der Waals surface area contributed by atoms with Gasteiger partial charge >= 0.3 is 0 Å². The van der Waals surface area contributed by atoms with E-state index in [-0.39, 0.29) is 23.1 Å². The van der Waals surface area contributed by atoms with Crippen LogP contribution < -0.4 is 20.1 Å². The maximum absolute atomic E-state index is 12.0. The van der Waals surface area contributed by atoms with E-state index >= 15 is 0 Å². The highest BCUT2D eigenvalue weighted by Gasteiger charge is 2.13. The van der Waals surface area contributed by atoms with Crippen LogP contribution in [-0.4, -0.2) is 29.7 Å². The van der Waals surface area contributed by atoms with Crippen molar-refractivity contribution in [3.63, 3.8) is 0 Å². The van der Waals surface area contributed by atoms with Gasteiger partial charge < -0.3 is 20.1 Å². The second-order valence-electron chi connectivity index (χ2n) is 5.41. The van der Waals surface area contributed by atoms with Crippen molar-refractivity contribution in [3.8, 4) is 11.5 Å². The number of hydrogen-bond acceptors (Lipinski definition) is 6. The molecule has 9 heteroatoms. The van der Waals surface area contributed by atoms with Crippen molar-refractivity contribution in [2.75, 3.05) is 19.0 Å². The lowest BCUT2D eigenvalue weighted by atomic mass is 10.2. The molecule has 142 valence electrons. The normalized spacial score (nSPS) is 9.96. The molecule has 0 fully saturated rings. The molecule has 0 aromatic heterocycles. The minimum absolute atomic E-state index is 0.0303. The number of non-ortho nitro benzene ring substituents is 1. The summed E-state index contributed by atoms with van der Waals surface area (Å²) in [5, 5.41) is 16.2. The zero-order chi connectivity index (χ0) is 19.6. The first-order chi connectivity index (χ1) is 13.0. The lowest BCUT2D eigenvalue weighted by Crippen LogP contribution is -2.34. The van der Waals surface area contributed by atoms with E-state index in [1.54, 1.807) is 0 Å². The van der Waals surface area contributed by atoms with Gasteiger partial charge in [0.25, 0.3) is 5.69 Å². The molecule has 0 saturated carbocycles. The maximum atomic E-state index is 12.0. The predicted molar refractivity (Wildman–Crippen MR) is 105 cm³/mol. The van der Waals surface area contributed by atoms with Gasteiger partial charge in [0, 0.05) is 18.6 Å². The van der Waals surface area contributed by atoms with Gasteiger partial charge in [-0.25, -0.2) is 0 Å². The Hall–Kier alpha value is -3.20. The van der Waals surface area contributed by atoms with Crippen molar-refractivity contribution in [1.82, 2.24) is 5.32 Å². The van der Waals surface area contributed by atoms with Crippen LogP contribution in [0.15, 0.2) is 48.5 Å². The van der Waals surface area contributed by atoms with Crippen molar-refractivity contribution in [2.45, 2.75) is 12.8 Å². The number of carbonyl (C=O) groups excluding carboxylic acids is 1. The molecule has 8 nitrogen and oxygen atoms in total. The fourth-order valence-electron chi connectivity index (χ4n) is 2.19. The monoisotopic (exact) mass is 389 g/mol. The van der Waals surface area contributed by atoms with E-state index in [0.717, 1.165) is 5.75 Å². The quantitative estimate of drug-likeness (QED) is 0.309. The van der Waals surface area contributed by atoms with E-state index in [1.807, 2.05) is 30.3 Å². The molecule has 0 saturated heterocycles. The van der Waals surface area contributed by atoms with Gasteiger partial charge in [-0.3, -0.25) is 14.9 Å². The number of nitrogens with zero attached hydrogens (tertiary/aromatic N) is 1. The Bertz CT molecular complexity index is 814. The van der Waals surface area contributed by atoms with Gasteiger partial charge in [-0.05, 0) is 36.8 Å². The highest BCUT2D eigenvalue weighted by Crippen LogP contribution is 2.28. The van der Waals surface area contributed by atoms with Gasteiger partial charge in [0.2, 0.25) is 5.91 Å². The smallest absolute Gasteiger partial charge is 0.271 e. The molecular formula is C18H19N3O5S. The number of anilines is 1. The molecule has 0 aliphatic rings. The number of hydrogen-bond donors (Lipinski definition) is 2. The number of rotatable bonds is 8. The first kappa shape index (κ1) is 20.1. The highest BCUT2D eigenvalue weighted by molar-refractivity contribution is 7.80. The molecule has 0 aliphatic heterocycles. The first-order valence-electron chi connectivity index (χ1n) is 8.10. The predicted octanol–water partition coefficient (Wildman–Crippen LogP) is 3.28. The van der Waals surface area contributed by atoms with Crippen LogP contribution in [0.1, 0.15) is 12.8 Å². The molecular weight excluding hydrogens is 370 g/mol. The lowest BCUT2D eigenvalue weighted by Gasteiger charge is -2.12. The zero-order valence-electron chi connectivity index (χ0n) is 14.6. The molecule has 0 radical (unpaired) electrons. The Kier molecular flexibility index (Phi) is 7.50. The Morgan fingerprint density at radius 1 is 1.22 bits per heavy atom. The van der Waals surface area contributed by atoms with Gasteiger partial charge in [0.1, 0.15) is 11.5 Å². The molecule has 2 aromatic carbocycles. The van der Waals surface area contributed by atoms with Gasteiger partial charge in [-0.2, -0.15) is 0 Å². The number of carbonyl (C=O) groups is 1. The van der Waals surface area contributed by atoms with Crippen LogP contribution in [0.2, 0.25) is 0 Å². The average Bonchev–Trinajstić information content (AvgIpc) is 2.66. The molecule has 2 N–H and O–H groups in total. The lowest BCUT2D eigenvalue weighted by molar-refractivity contribution is -0.384. The minimum Gasteiger partial charge on any atom is -0.495 e. The standard InChI is InChI=1S/C18H19N3O5S/c1-25-16-10-9-13(21(23)24)12-15(16)19-18(27)20-17(22)8-5-11-26-14-6-3-2-4-7-14/h2-4,6-7,9-10,12H,5,8,11H2,1H3,(H2,19,20,22,27). The highest BCUT2D eigenvalue weighted by atomic mass is 32.1. The van der Waals surface area contributed by atoms with E-state index in [2.05, 4.69) is 10.6 Å². The van der Waals surface area contributed by atoms with Gasteiger partial charge in [-0.15, -0.1) is 0 Å². The molecule has 27 heavy (non-hydrogen) atoms. The van der Waals surface area contributed by atoms with Crippen molar-refractivity contribution in [1.29, 1.82) is 0 Å². The molecule has 0 unspecified atom stereocenters. The Labute approximate surface area is 161 Å². The Morgan fingerprint density at radius 2 is 1.96 bits per heavy atom. The fourth-order valence-corrected chi connectivity index (χ4v) is 2.41. The number of amides is 1. The summed E-state index contributed by atoms with van der Waals surface area (Å²) in [6.07, 6.45) is 0.740. The topological polar surface area (TPSA) is 103 Å². The second kappa shape index (κ2) is 10.1. The number of nitrogens with one attached hydrogen (secondary N) is 2. The second-order valence-corrected chi connectivity index (χ2v) is 5.82. The number of nitro benzene ring substituents is 1. The summed E-state index contributed by atoms with van der Waals surface area (Å²) in [6.45, 7) is 0.399. The molecule has 0 heterocycles. The van der Waals surface area contributed by atoms with Gasteiger partial charge in [-0.1, -0.05) is 18.2 Å². The van der Waals surface area contributed by atoms with Crippen LogP contribution in [0.3, 0.4) is 0 Å². The summed E-state index contributed by atoms with van der Waals surface area (Å²) < 4.78 is 10.6. The number of methoxy groups -OCH3 is 1. The van der Waals surface area contributed by atoms with Crippen LogP contribution >= 0.6 is 12.2 Å². The van der Waals surface area contributed by atoms with E-state index < -0.39 is 4.92 Å². The number of ether oxygens (including phenoxy) is 2. The molecule has 1 amide bonds. The largest absolute Gasteiger partial charge is 0.495 e. The first-order valence-corrected chi connectivity index (χ1v) is 8.51. The number of nitro groups is 1. The molecule has 2 aromatic rings. The van der Waals surface area contributed by atoms with Crippen molar-refractivity contribution < 1.29 is 19.2 Å². The summed E-state index contributed by atoms with van der Waals surface area (Å²) in [7, 11) is 1.43. The number of para-hydroxylation sites is 1. The molecule has 0 aliphatic carbocycles. The number of benzene rings is 2. The van der Waals surface area contributed by atoms with E-state index in [4.69, 9.17) is 21.7 Å². The van der Waals surface area contributed by atoms with Crippen LogP contribution in [0.5, 0.6) is 11.5 Å². The summed E-state index contributed by atoms with van der Waals surface area (Å²) in [5.41, 5.74) is 0.176. The van der Waals surface area contributed by atoms with Gasteiger partial charge in [0.15, 0.2) is 5.11 Å².